The van der Waals surface area contributed by atoms with Gasteiger partial charge in [0, 0.05) is 11.6 Å². The van der Waals surface area contributed by atoms with Crippen LogP contribution in [0.5, 0.6) is 11.5 Å². The highest BCUT2D eigenvalue weighted by Crippen LogP contribution is 2.34. The minimum atomic E-state index is -0.959. The summed E-state index contributed by atoms with van der Waals surface area (Å²) in [6.07, 6.45) is 1.73. The van der Waals surface area contributed by atoms with Crippen LogP contribution in [0.3, 0.4) is 0 Å². The molecule has 1 atom stereocenters. The molecule has 44 heavy (non-hydrogen) atoms. The van der Waals surface area contributed by atoms with Gasteiger partial charge < -0.3 is 14.2 Å². The van der Waals surface area contributed by atoms with E-state index in [1.165, 1.54) is 22.0 Å². The number of benzene rings is 3. The molecule has 0 aliphatic carbocycles. The van der Waals surface area contributed by atoms with E-state index in [2.05, 4.69) is 4.99 Å². The highest BCUT2D eigenvalue weighted by Gasteiger charge is 2.34. The third-order valence-electron chi connectivity index (χ3n) is 7.07. The molecule has 10 nitrogen and oxygen atoms in total. The van der Waals surface area contributed by atoms with Crippen molar-refractivity contribution in [3.8, 4) is 11.5 Å². The highest BCUT2D eigenvalue weighted by molar-refractivity contribution is 7.07. The maximum Gasteiger partial charge on any atom is 0.338 e. The third kappa shape index (κ3) is 6.18. The molecule has 0 amide bonds. The zero-order valence-electron chi connectivity index (χ0n) is 24.7. The fourth-order valence-electron chi connectivity index (χ4n) is 4.99. The number of hydrogen-bond acceptors (Lipinski definition) is 9. The first-order chi connectivity index (χ1) is 21.2. The number of allylic oxidation sites excluding steroid dienone is 1. The number of nitro groups is 1. The molecule has 4 aromatic rings. The Bertz CT molecular complexity index is 1940. The molecule has 0 fully saturated rings. The maximum atomic E-state index is 14.0. The second-order valence-electron chi connectivity index (χ2n) is 10.0. The first-order valence-corrected chi connectivity index (χ1v) is 14.9. The van der Waals surface area contributed by atoms with Gasteiger partial charge in [-0.2, -0.15) is 0 Å². The number of aryl methyl sites for hydroxylation is 1. The zero-order chi connectivity index (χ0) is 31.4. The van der Waals surface area contributed by atoms with Gasteiger partial charge in [0.2, 0.25) is 0 Å². The quantitative estimate of drug-likeness (QED) is 0.140. The van der Waals surface area contributed by atoms with Crippen LogP contribution in [0.1, 0.15) is 49.1 Å². The van der Waals surface area contributed by atoms with Gasteiger partial charge in [-0.15, -0.1) is 0 Å². The number of ether oxygens (including phenoxy) is 3. The monoisotopic (exact) mass is 613 g/mol. The summed E-state index contributed by atoms with van der Waals surface area (Å²) in [6.45, 7) is 7.78. The van der Waals surface area contributed by atoms with E-state index in [1.54, 1.807) is 51.1 Å². The molecule has 0 spiro atoms. The topological polar surface area (TPSA) is 122 Å². The van der Waals surface area contributed by atoms with Gasteiger partial charge in [-0.3, -0.25) is 19.5 Å². The summed E-state index contributed by atoms with van der Waals surface area (Å²) in [7, 11) is 0. The molecule has 1 aromatic heterocycles. The van der Waals surface area contributed by atoms with Crippen LogP contribution in [0.25, 0.3) is 6.08 Å². The zero-order valence-corrected chi connectivity index (χ0v) is 25.6. The first-order valence-electron chi connectivity index (χ1n) is 14.1. The average molecular weight is 614 g/mol. The second kappa shape index (κ2) is 13.1. The summed E-state index contributed by atoms with van der Waals surface area (Å²) in [4.78, 5) is 43.4. The summed E-state index contributed by atoms with van der Waals surface area (Å²) in [5.74, 6) is 0.476. The van der Waals surface area contributed by atoms with E-state index >= 15 is 0 Å². The fourth-order valence-corrected chi connectivity index (χ4v) is 6.04. The summed E-state index contributed by atoms with van der Waals surface area (Å²) >= 11 is 1.17. The molecule has 0 radical (unpaired) electrons. The minimum absolute atomic E-state index is 0.111. The molecule has 1 aliphatic heterocycles. The van der Waals surface area contributed by atoms with Crippen molar-refractivity contribution in [1.29, 1.82) is 0 Å². The van der Waals surface area contributed by atoms with E-state index in [0.29, 0.717) is 56.4 Å². The van der Waals surface area contributed by atoms with Gasteiger partial charge in [-0.25, -0.2) is 9.79 Å². The third-order valence-corrected chi connectivity index (χ3v) is 8.05. The average Bonchev–Trinajstić information content (AvgIpc) is 3.30. The van der Waals surface area contributed by atoms with Crippen LogP contribution < -0.4 is 24.4 Å². The van der Waals surface area contributed by atoms with Crippen molar-refractivity contribution in [3.05, 3.63) is 130 Å². The predicted molar refractivity (Wildman–Crippen MR) is 167 cm³/mol. The van der Waals surface area contributed by atoms with Gasteiger partial charge in [0.1, 0.15) is 6.61 Å². The Labute approximate surface area is 257 Å². The summed E-state index contributed by atoms with van der Waals surface area (Å²) < 4.78 is 19.0. The molecule has 226 valence electrons. The van der Waals surface area contributed by atoms with Crippen molar-refractivity contribution in [2.24, 2.45) is 4.99 Å². The lowest BCUT2D eigenvalue weighted by atomic mass is 9.94. The summed E-state index contributed by atoms with van der Waals surface area (Å²) in [6, 6.07) is 19.0. The fraction of sp³-hybridized carbons (Fsp3) is 0.242. The number of carbonyl (C=O) groups is 1. The van der Waals surface area contributed by atoms with Crippen LogP contribution in [-0.4, -0.2) is 28.7 Å². The van der Waals surface area contributed by atoms with Crippen LogP contribution in [0.15, 0.2) is 87.8 Å². The van der Waals surface area contributed by atoms with Gasteiger partial charge in [0.05, 0.1) is 40.0 Å². The number of hydrogen-bond donors (Lipinski definition) is 0. The number of aromatic nitrogens is 1. The van der Waals surface area contributed by atoms with Crippen molar-refractivity contribution in [2.75, 3.05) is 13.2 Å². The van der Waals surface area contributed by atoms with Crippen molar-refractivity contribution in [3.63, 3.8) is 0 Å². The Morgan fingerprint density at radius 2 is 1.80 bits per heavy atom. The van der Waals surface area contributed by atoms with Crippen LogP contribution in [0, 0.1) is 17.0 Å². The largest absolute Gasteiger partial charge is 0.490 e. The van der Waals surface area contributed by atoms with Crippen LogP contribution in [-0.2, 0) is 16.1 Å². The minimum Gasteiger partial charge on any atom is -0.490 e. The number of nitro benzene ring substituents is 1. The Morgan fingerprint density at radius 1 is 1.02 bits per heavy atom. The SMILES string of the molecule is CCOC(=O)C1=C(C)N=c2s/c(=C/c3ccc(OCc4ccccc4)c(OCC)c3)c(=O)n2[C@H]1c1ccc(C)c([N+](=O)[O-])c1. The maximum absolute atomic E-state index is 14.0. The van der Waals surface area contributed by atoms with Crippen LogP contribution in [0.4, 0.5) is 5.69 Å². The second-order valence-corrected chi connectivity index (χ2v) is 11.0. The van der Waals surface area contributed by atoms with Crippen molar-refractivity contribution < 1.29 is 23.9 Å². The Hall–Kier alpha value is -5.03. The van der Waals surface area contributed by atoms with Gasteiger partial charge >= 0.3 is 5.97 Å². The molecule has 3 aromatic carbocycles. The molecule has 0 N–H and O–H groups in total. The molecular weight excluding hydrogens is 582 g/mol. The molecular formula is C33H31N3O7S. The van der Waals surface area contributed by atoms with Gasteiger partial charge in [-0.1, -0.05) is 59.9 Å². The molecule has 0 bridgehead atoms. The lowest BCUT2D eigenvalue weighted by Gasteiger charge is -2.24. The lowest BCUT2D eigenvalue weighted by Crippen LogP contribution is -2.40. The number of esters is 1. The highest BCUT2D eigenvalue weighted by atomic mass is 32.1. The lowest BCUT2D eigenvalue weighted by molar-refractivity contribution is -0.385. The molecule has 2 heterocycles. The number of carbonyl (C=O) groups excluding carboxylic acids is 1. The van der Waals surface area contributed by atoms with Crippen LogP contribution in [0.2, 0.25) is 0 Å². The molecule has 5 rings (SSSR count). The molecule has 0 saturated carbocycles. The van der Waals surface area contributed by atoms with E-state index in [9.17, 15) is 19.7 Å². The summed E-state index contributed by atoms with van der Waals surface area (Å²) in [5.41, 5.74) is 2.63. The molecule has 11 heteroatoms. The van der Waals surface area contributed by atoms with E-state index in [0.717, 1.165) is 5.56 Å². The van der Waals surface area contributed by atoms with Crippen LogP contribution >= 0.6 is 11.3 Å². The van der Waals surface area contributed by atoms with Crippen molar-refractivity contribution >= 4 is 29.1 Å². The first kappa shape index (κ1) is 30.4. The van der Waals surface area contributed by atoms with Crippen molar-refractivity contribution in [1.82, 2.24) is 4.57 Å². The smallest absolute Gasteiger partial charge is 0.338 e. The predicted octanol–water partition coefficient (Wildman–Crippen LogP) is 4.99. The Kier molecular flexibility index (Phi) is 9.05. The molecule has 0 saturated heterocycles. The van der Waals surface area contributed by atoms with E-state index in [4.69, 9.17) is 14.2 Å². The number of nitrogens with zero attached hydrogens (tertiary/aromatic N) is 3. The van der Waals surface area contributed by atoms with Gasteiger partial charge in [-0.05, 0) is 62.6 Å². The van der Waals surface area contributed by atoms with Crippen molar-refractivity contribution in [2.45, 2.75) is 40.3 Å². The molecule has 1 aliphatic rings. The molecule has 0 unspecified atom stereocenters. The van der Waals surface area contributed by atoms with E-state index in [1.807, 2.05) is 43.3 Å². The number of fused-ring (bicyclic) bond motifs is 1. The Morgan fingerprint density at radius 3 is 2.50 bits per heavy atom. The van der Waals surface area contributed by atoms with Gasteiger partial charge in [0.15, 0.2) is 16.3 Å². The number of rotatable bonds is 10. The normalized spacial score (nSPS) is 14.5. The summed E-state index contributed by atoms with van der Waals surface area (Å²) in [5, 5.41) is 11.8. The van der Waals surface area contributed by atoms with E-state index in [-0.39, 0.29) is 17.9 Å². The standard InChI is InChI=1S/C33H31N3O7S/c1-5-41-27-16-23(13-15-26(27)43-19-22-10-8-7-9-11-22)17-28-31(37)35-30(24-14-12-20(3)25(18-24)36(39)40)29(32(38)42-6-2)21(4)34-33(35)44-28/h7-18,30H,5-6,19H2,1-4H3/b28-17+/t30-/m0/s1. The van der Waals surface area contributed by atoms with Gasteiger partial charge in [0.25, 0.3) is 11.2 Å². The van der Waals surface area contributed by atoms with E-state index < -0.39 is 22.5 Å². The Balaban J connectivity index is 1.60. The number of thiazole rings is 1.